The highest BCUT2D eigenvalue weighted by molar-refractivity contribution is 5.25. The van der Waals surface area contributed by atoms with E-state index in [4.69, 9.17) is 0 Å². The predicted molar refractivity (Wildman–Crippen MR) is 84.9 cm³/mol. The van der Waals surface area contributed by atoms with Crippen LogP contribution in [0.3, 0.4) is 0 Å². The second kappa shape index (κ2) is 6.28. The molecule has 1 unspecified atom stereocenters. The fourth-order valence-electron chi connectivity index (χ4n) is 4.10. The van der Waals surface area contributed by atoms with Gasteiger partial charge in [-0.1, -0.05) is 56.0 Å². The molecule has 1 aromatic rings. The molecule has 110 valence electrons. The van der Waals surface area contributed by atoms with Crippen LogP contribution in [0.25, 0.3) is 0 Å². The summed E-state index contributed by atoms with van der Waals surface area (Å²) in [4.78, 5) is 2.81. The van der Waals surface area contributed by atoms with Crippen LogP contribution < -0.4 is 5.32 Å². The van der Waals surface area contributed by atoms with Crippen LogP contribution in [-0.2, 0) is 5.54 Å². The maximum absolute atomic E-state index is 3.62. The molecule has 0 bridgehead atoms. The summed E-state index contributed by atoms with van der Waals surface area (Å²) in [7, 11) is 0. The van der Waals surface area contributed by atoms with Crippen LogP contribution in [0, 0.1) is 0 Å². The van der Waals surface area contributed by atoms with Crippen molar-refractivity contribution in [2.45, 2.75) is 57.0 Å². The molecule has 20 heavy (non-hydrogen) atoms. The molecule has 1 aromatic carbocycles. The lowest BCUT2D eigenvalue weighted by Gasteiger charge is -2.49. The fourth-order valence-corrected chi connectivity index (χ4v) is 4.10. The molecule has 1 atom stereocenters. The summed E-state index contributed by atoms with van der Waals surface area (Å²) in [5.41, 5.74) is 1.63. The Bertz CT molecular complexity index is 409. The van der Waals surface area contributed by atoms with Gasteiger partial charge < -0.3 is 5.32 Å². The molecule has 1 N–H and O–H groups in total. The van der Waals surface area contributed by atoms with Crippen LogP contribution in [0.2, 0.25) is 0 Å². The first kappa shape index (κ1) is 14.1. The second-order valence-corrected chi connectivity index (χ2v) is 6.66. The summed E-state index contributed by atoms with van der Waals surface area (Å²) < 4.78 is 0. The highest BCUT2D eigenvalue weighted by Gasteiger charge is 2.39. The summed E-state index contributed by atoms with van der Waals surface area (Å²) in [6, 6.07) is 11.9. The largest absolute Gasteiger partial charge is 0.313 e. The van der Waals surface area contributed by atoms with E-state index in [1.807, 2.05) is 0 Å². The van der Waals surface area contributed by atoms with E-state index < -0.39 is 0 Å². The Hall–Kier alpha value is -0.860. The van der Waals surface area contributed by atoms with Gasteiger partial charge in [-0.2, -0.15) is 0 Å². The zero-order chi connectivity index (χ0) is 13.8. The molecule has 0 radical (unpaired) electrons. The van der Waals surface area contributed by atoms with E-state index in [0.717, 1.165) is 19.1 Å². The lowest BCUT2D eigenvalue weighted by atomic mass is 9.85. The summed E-state index contributed by atoms with van der Waals surface area (Å²) in [6.45, 7) is 5.84. The molecule has 1 saturated heterocycles. The van der Waals surface area contributed by atoms with Gasteiger partial charge in [0.05, 0.1) is 5.54 Å². The summed E-state index contributed by atoms with van der Waals surface area (Å²) >= 11 is 0. The van der Waals surface area contributed by atoms with E-state index >= 15 is 0 Å². The van der Waals surface area contributed by atoms with Gasteiger partial charge in [0, 0.05) is 25.7 Å². The van der Waals surface area contributed by atoms with E-state index in [0.29, 0.717) is 0 Å². The van der Waals surface area contributed by atoms with Gasteiger partial charge >= 0.3 is 0 Å². The molecule has 3 rings (SSSR count). The maximum Gasteiger partial charge on any atom is 0.0560 e. The number of hydrogen-bond acceptors (Lipinski definition) is 2. The average molecular weight is 272 g/mol. The topological polar surface area (TPSA) is 15.3 Å². The highest BCUT2D eigenvalue weighted by Crippen LogP contribution is 2.35. The van der Waals surface area contributed by atoms with E-state index in [9.17, 15) is 0 Å². The Morgan fingerprint density at radius 3 is 2.45 bits per heavy atom. The van der Waals surface area contributed by atoms with E-state index in [-0.39, 0.29) is 5.54 Å². The van der Waals surface area contributed by atoms with Gasteiger partial charge in [0.2, 0.25) is 0 Å². The monoisotopic (exact) mass is 272 g/mol. The number of nitrogens with zero attached hydrogens (tertiary/aromatic N) is 1. The third-order valence-corrected chi connectivity index (χ3v) is 5.29. The maximum atomic E-state index is 3.62. The van der Waals surface area contributed by atoms with Gasteiger partial charge in [-0.25, -0.2) is 0 Å². The van der Waals surface area contributed by atoms with Crippen molar-refractivity contribution in [3.8, 4) is 0 Å². The summed E-state index contributed by atoms with van der Waals surface area (Å²) in [6.07, 6.45) is 8.49. The Morgan fingerprint density at radius 1 is 1.05 bits per heavy atom. The molecule has 2 nitrogen and oxygen atoms in total. The Labute approximate surface area is 123 Å². The molecule has 0 spiro atoms. The van der Waals surface area contributed by atoms with Crippen LogP contribution >= 0.6 is 0 Å². The van der Waals surface area contributed by atoms with Crippen molar-refractivity contribution in [2.75, 3.05) is 19.6 Å². The van der Waals surface area contributed by atoms with Gasteiger partial charge in [0.15, 0.2) is 0 Å². The lowest BCUT2D eigenvalue weighted by Crippen LogP contribution is -2.60. The van der Waals surface area contributed by atoms with Gasteiger partial charge in [0.25, 0.3) is 0 Å². The number of hydrogen-bond donors (Lipinski definition) is 1. The van der Waals surface area contributed by atoms with Crippen molar-refractivity contribution in [1.82, 2.24) is 10.2 Å². The van der Waals surface area contributed by atoms with Crippen LogP contribution in [-0.4, -0.2) is 30.6 Å². The molecule has 1 saturated carbocycles. The summed E-state index contributed by atoms with van der Waals surface area (Å²) in [5, 5.41) is 3.62. The first-order chi connectivity index (χ1) is 9.81. The summed E-state index contributed by atoms with van der Waals surface area (Å²) in [5.74, 6) is 0. The van der Waals surface area contributed by atoms with Crippen molar-refractivity contribution >= 4 is 0 Å². The average Bonchev–Trinajstić information content (AvgIpc) is 2.78. The number of rotatable bonds is 2. The molecule has 2 aliphatic rings. The van der Waals surface area contributed by atoms with Crippen molar-refractivity contribution in [2.24, 2.45) is 0 Å². The molecule has 1 aliphatic heterocycles. The van der Waals surface area contributed by atoms with Crippen molar-refractivity contribution in [3.05, 3.63) is 35.9 Å². The van der Waals surface area contributed by atoms with E-state index in [1.165, 1.54) is 50.6 Å². The lowest BCUT2D eigenvalue weighted by molar-refractivity contribution is 0.0225. The fraction of sp³-hybridized carbons (Fsp3) is 0.667. The minimum atomic E-state index is 0.161. The van der Waals surface area contributed by atoms with Crippen LogP contribution in [0.15, 0.2) is 30.3 Å². The van der Waals surface area contributed by atoms with Crippen LogP contribution in [0.1, 0.15) is 51.0 Å². The van der Waals surface area contributed by atoms with E-state index in [1.54, 1.807) is 0 Å². The normalized spacial score (nSPS) is 30.1. The van der Waals surface area contributed by atoms with Gasteiger partial charge in [0.1, 0.15) is 0 Å². The Morgan fingerprint density at radius 2 is 1.75 bits per heavy atom. The molecule has 1 heterocycles. The molecule has 2 fully saturated rings. The van der Waals surface area contributed by atoms with Gasteiger partial charge in [-0.05, 0) is 25.3 Å². The van der Waals surface area contributed by atoms with E-state index in [2.05, 4.69) is 47.5 Å². The Balaban J connectivity index is 1.86. The second-order valence-electron chi connectivity index (χ2n) is 6.66. The van der Waals surface area contributed by atoms with Crippen molar-refractivity contribution in [1.29, 1.82) is 0 Å². The van der Waals surface area contributed by atoms with Gasteiger partial charge in [-0.3, -0.25) is 4.90 Å². The minimum absolute atomic E-state index is 0.161. The quantitative estimate of drug-likeness (QED) is 0.829. The third kappa shape index (κ3) is 2.77. The van der Waals surface area contributed by atoms with Crippen molar-refractivity contribution < 1.29 is 0 Å². The molecular weight excluding hydrogens is 244 g/mol. The molecular formula is C18H28N2. The standard InChI is InChI=1S/C18H28N2/c1-18(16-9-5-4-6-10-16)15-19-13-14-20(18)17-11-7-2-3-8-12-17/h4-6,9-10,17,19H,2-3,7-8,11-15H2,1H3. The van der Waals surface area contributed by atoms with Crippen molar-refractivity contribution in [3.63, 3.8) is 0 Å². The number of piperazine rings is 1. The number of benzene rings is 1. The van der Waals surface area contributed by atoms with Crippen LogP contribution in [0.4, 0.5) is 0 Å². The molecule has 0 amide bonds. The molecule has 2 heteroatoms. The third-order valence-electron chi connectivity index (χ3n) is 5.29. The number of nitrogens with one attached hydrogen (secondary N) is 1. The van der Waals surface area contributed by atoms with Crippen LogP contribution in [0.5, 0.6) is 0 Å². The zero-order valence-electron chi connectivity index (χ0n) is 12.8. The smallest absolute Gasteiger partial charge is 0.0560 e. The SMILES string of the molecule is CC1(c2ccccc2)CNCCN1C1CCCCCC1. The first-order valence-corrected chi connectivity index (χ1v) is 8.34. The molecule has 0 aromatic heterocycles. The predicted octanol–water partition coefficient (Wildman–Crippen LogP) is 3.53. The van der Waals surface area contributed by atoms with Gasteiger partial charge in [-0.15, -0.1) is 0 Å². The first-order valence-electron chi connectivity index (χ1n) is 8.34. The minimum Gasteiger partial charge on any atom is -0.313 e. The molecule has 1 aliphatic carbocycles. The highest BCUT2D eigenvalue weighted by atomic mass is 15.3. The Kier molecular flexibility index (Phi) is 4.42. The zero-order valence-corrected chi connectivity index (χ0v) is 12.8.